The van der Waals surface area contributed by atoms with Crippen LogP contribution in [0.1, 0.15) is 17.0 Å². The minimum absolute atomic E-state index is 0.315. The number of halogens is 2. The highest BCUT2D eigenvalue weighted by Crippen LogP contribution is 2.14. The van der Waals surface area contributed by atoms with Gasteiger partial charge in [0.1, 0.15) is 5.76 Å². The zero-order chi connectivity index (χ0) is 13.1. The molecule has 0 spiro atoms. The number of nitrogens with zero attached hydrogens (tertiary/aromatic N) is 2. The predicted octanol–water partition coefficient (Wildman–Crippen LogP) is 2.89. The molecule has 0 aliphatic carbocycles. The summed E-state index contributed by atoms with van der Waals surface area (Å²) in [5, 5.41) is 3.85. The van der Waals surface area contributed by atoms with Crippen molar-refractivity contribution in [2.24, 2.45) is 0 Å². The van der Waals surface area contributed by atoms with Crippen molar-refractivity contribution in [3.8, 4) is 0 Å². The minimum atomic E-state index is -0.821. The van der Waals surface area contributed by atoms with Crippen molar-refractivity contribution < 1.29 is 13.3 Å². The van der Waals surface area contributed by atoms with Crippen LogP contribution in [0.5, 0.6) is 0 Å². The highest BCUT2D eigenvalue weighted by Gasteiger charge is 2.11. The lowest BCUT2D eigenvalue weighted by molar-refractivity contribution is 0.296. The number of aryl methyl sites for hydroxylation is 1. The topological polar surface area (TPSA) is 29.3 Å². The fourth-order valence-corrected chi connectivity index (χ4v) is 1.79. The van der Waals surface area contributed by atoms with Crippen molar-refractivity contribution in [1.82, 2.24) is 10.1 Å². The van der Waals surface area contributed by atoms with E-state index in [1.54, 1.807) is 6.07 Å². The molecule has 2 aromatic rings. The Bertz CT molecular complexity index is 540. The van der Waals surface area contributed by atoms with Gasteiger partial charge in [0.15, 0.2) is 11.6 Å². The summed E-state index contributed by atoms with van der Waals surface area (Å²) >= 11 is 0. The number of aromatic nitrogens is 1. The second-order valence-corrected chi connectivity index (χ2v) is 4.31. The molecular weight excluding hydrogens is 238 g/mol. The molecule has 1 heterocycles. The molecule has 18 heavy (non-hydrogen) atoms. The predicted molar refractivity (Wildman–Crippen MR) is 62.8 cm³/mol. The zero-order valence-electron chi connectivity index (χ0n) is 10.3. The Labute approximate surface area is 104 Å². The van der Waals surface area contributed by atoms with Crippen LogP contribution in [-0.2, 0) is 13.1 Å². The van der Waals surface area contributed by atoms with Gasteiger partial charge in [0.05, 0.1) is 5.69 Å². The third-order valence-corrected chi connectivity index (χ3v) is 2.58. The van der Waals surface area contributed by atoms with Crippen molar-refractivity contribution >= 4 is 0 Å². The van der Waals surface area contributed by atoms with Gasteiger partial charge in [-0.1, -0.05) is 17.3 Å². The van der Waals surface area contributed by atoms with E-state index in [2.05, 4.69) is 5.16 Å². The van der Waals surface area contributed by atoms with Crippen molar-refractivity contribution in [2.75, 3.05) is 7.05 Å². The first kappa shape index (κ1) is 12.7. The summed E-state index contributed by atoms with van der Waals surface area (Å²) in [6.07, 6.45) is 0. The molecule has 96 valence electrons. The lowest BCUT2D eigenvalue weighted by Crippen LogP contribution is -2.18. The molecule has 0 aliphatic rings. The van der Waals surface area contributed by atoms with Gasteiger partial charge in [-0.15, -0.1) is 0 Å². The summed E-state index contributed by atoms with van der Waals surface area (Å²) in [6, 6.07) is 6.00. The summed E-state index contributed by atoms with van der Waals surface area (Å²) in [6.45, 7) is 2.64. The molecule has 5 heteroatoms. The third-order valence-electron chi connectivity index (χ3n) is 2.58. The number of hydrogen-bond acceptors (Lipinski definition) is 3. The summed E-state index contributed by atoms with van der Waals surface area (Å²) in [5.41, 5.74) is 1.10. The first-order valence-electron chi connectivity index (χ1n) is 5.60. The minimum Gasteiger partial charge on any atom is -0.361 e. The van der Waals surface area contributed by atoms with E-state index in [1.807, 2.05) is 24.9 Å². The van der Waals surface area contributed by atoms with Crippen LogP contribution in [0.2, 0.25) is 0 Å². The SMILES string of the molecule is Cc1cc(CN(C)Cc2cccc(F)c2F)no1. The van der Waals surface area contributed by atoms with Gasteiger partial charge in [-0.2, -0.15) is 0 Å². The molecular formula is C13H14F2N2O. The lowest BCUT2D eigenvalue weighted by Gasteiger charge is -2.15. The van der Waals surface area contributed by atoms with Gasteiger partial charge in [0, 0.05) is 24.7 Å². The zero-order valence-corrected chi connectivity index (χ0v) is 10.3. The average molecular weight is 252 g/mol. The van der Waals surface area contributed by atoms with Gasteiger partial charge >= 0.3 is 0 Å². The van der Waals surface area contributed by atoms with Crippen molar-refractivity contribution in [3.05, 3.63) is 52.9 Å². The fourth-order valence-electron chi connectivity index (χ4n) is 1.79. The van der Waals surface area contributed by atoms with Crippen molar-refractivity contribution in [3.63, 3.8) is 0 Å². The third kappa shape index (κ3) is 2.92. The van der Waals surface area contributed by atoms with Gasteiger partial charge in [0.2, 0.25) is 0 Å². The Morgan fingerprint density at radius 3 is 2.72 bits per heavy atom. The second-order valence-electron chi connectivity index (χ2n) is 4.31. The van der Waals surface area contributed by atoms with Gasteiger partial charge in [-0.25, -0.2) is 8.78 Å². The second kappa shape index (κ2) is 5.27. The van der Waals surface area contributed by atoms with Gasteiger partial charge in [-0.3, -0.25) is 4.90 Å². The first-order valence-corrected chi connectivity index (χ1v) is 5.60. The van der Waals surface area contributed by atoms with Crippen LogP contribution in [0.3, 0.4) is 0 Å². The van der Waals surface area contributed by atoms with E-state index in [9.17, 15) is 8.78 Å². The summed E-state index contributed by atoms with van der Waals surface area (Å²) in [5.74, 6) is -0.880. The van der Waals surface area contributed by atoms with Crippen LogP contribution in [-0.4, -0.2) is 17.1 Å². The van der Waals surface area contributed by atoms with Crippen molar-refractivity contribution in [1.29, 1.82) is 0 Å². The largest absolute Gasteiger partial charge is 0.361 e. The first-order chi connectivity index (χ1) is 8.56. The Balaban J connectivity index is 2.03. The van der Waals surface area contributed by atoms with Gasteiger partial charge < -0.3 is 4.52 Å². The maximum Gasteiger partial charge on any atom is 0.163 e. The maximum absolute atomic E-state index is 13.5. The highest BCUT2D eigenvalue weighted by atomic mass is 19.2. The van der Waals surface area contributed by atoms with E-state index in [0.29, 0.717) is 18.7 Å². The summed E-state index contributed by atoms with van der Waals surface area (Å²) in [7, 11) is 1.81. The average Bonchev–Trinajstić information content (AvgIpc) is 2.70. The van der Waals surface area contributed by atoms with Crippen LogP contribution in [0, 0.1) is 18.6 Å². The molecule has 0 atom stereocenters. The van der Waals surface area contributed by atoms with E-state index < -0.39 is 11.6 Å². The molecule has 2 rings (SSSR count). The Kier molecular flexibility index (Phi) is 3.72. The Morgan fingerprint density at radius 2 is 2.06 bits per heavy atom. The highest BCUT2D eigenvalue weighted by molar-refractivity contribution is 5.18. The number of rotatable bonds is 4. The molecule has 1 aromatic carbocycles. The normalized spacial score (nSPS) is 11.2. The van der Waals surface area contributed by atoms with E-state index >= 15 is 0 Å². The van der Waals surface area contributed by atoms with E-state index in [4.69, 9.17) is 4.52 Å². The maximum atomic E-state index is 13.5. The van der Waals surface area contributed by atoms with E-state index in [1.165, 1.54) is 6.07 Å². The molecule has 0 aliphatic heterocycles. The molecule has 0 amide bonds. The van der Waals surface area contributed by atoms with E-state index in [-0.39, 0.29) is 0 Å². The van der Waals surface area contributed by atoms with Crippen LogP contribution in [0.25, 0.3) is 0 Å². The molecule has 3 nitrogen and oxygen atoms in total. The summed E-state index contributed by atoms with van der Waals surface area (Å²) < 4.78 is 31.5. The van der Waals surface area contributed by atoms with Crippen LogP contribution in [0.4, 0.5) is 8.78 Å². The quantitative estimate of drug-likeness (QED) is 0.837. The molecule has 0 bridgehead atoms. The smallest absolute Gasteiger partial charge is 0.163 e. The number of benzene rings is 1. The van der Waals surface area contributed by atoms with Crippen molar-refractivity contribution in [2.45, 2.75) is 20.0 Å². The standard InChI is InChI=1S/C13H14F2N2O/c1-9-6-11(16-18-9)8-17(2)7-10-4-3-5-12(14)13(10)15/h3-6H,7-8H2,1-2H3. The molecule has 0 fully saturated rings. The van der Waals surface area contributed by atoms with E-state index in [0.717, 1.165) is 17.5 Å². The van der Waals surface area contributed by atoms with Crippen LogP contribution in [0.15, 0.2) is 28.8 Å². The van der Waals surface area contributed by atoms with Gasteiger partial charge in [-0.05, 0) is 20.0 Å². The molecule has 0 radical (unpaired) electrons. The van der Waals surface area contributed by atoms with Crippen LogP contribution >= 0.6 is 0 Å². The number of hydrogen-bond donors (Lipinski definition) is 0. The molecule has 0 saturated heterocycles. The Morgan fingerprint density at radius 1 is 1.28 bits per heavy atom. The molecule has 1 aromatic heterocycles. The van der Waals surface area contributed by atoms with Gasteiger partial charge in [0.25, 0.3) is 0 Å². The molecule has 0 unspecified atom stereocenters. The summed E-state index contributed by atoms with van der Waals surface area (Å²) in [4.78, 5) is 1.84. The van der Waals surface area contributed by atoms with Crippen LogP contribution < -0.4 is 0 Å². The monoisotopic (exact) mass is 252 g/mol. The molecule has 0 saturated carbocycles. The Hall–Kier alpha value is -1.75. The fraction of sp³-hybridized carbons (Fsp3) is 0.308. The molecule has 0 N–H and O–H groups in total. The lowest BCUT2D eigenvalue weighted by atomic mass is 10.2.